The summed E-state index contributed by atoms with van der Waals surface area (Å²) >= 11 is 1.81. The molecule has 0 bridgehead atoms. The molecule has 0 spiro atoms. The summed E-state index contributed by atoms with van der Waals surface area (Å²) in [5.74, 6) is 0. The van der Waals surface area contributed by atoms with Gasteiger partial charge in [0, 0.05) is 31.1 Å². The molecule has 134 valence electrons. The minimum Gasteiger partial charge on any atom is -0.326 e. The molecule has 3 aromatic carbocycles. The van der Waals surface area contributed by atoms with Crippen molar-refractivity contribution in [3.8, 4) is 0 Å². The van der Waals surface area contributed by atoms with E-state index in [2.05, 4.69) is 90.0 Å². The Bertz CT molecular complexity index is 800. The lowest BCUT2D eigenvalue weighted by molar-refractivity contribution is 0.246. The topological polar surface area (TPSA) is 29.3 Å². The molecule has 0 aromatic heterocycles. The van der Waals surface area contributed by atoms with Gasteiger partial charge in [-0.1, -0.05) is 72.8 Å². The van der Waals surface area contributed by atoms with E-state index in [1.54, 1.807) is 0 Å². The Morgan fingerprint density at radius 3 is 1.92 bits per heavy atom. The highest BCUT2D eigenvalue weighted by molar-refractivity contribution is 7.98. The average Bonchev–Trinajstić information content (AvgIpc) is 2.70. The van der Waals surface area contributed by atoms with Gasteiger partial charge in [-0.2, -0.15) is 0 Å². The monoisotopic (exact) mass is 362 g/mol. The molecule has 2 N–H and O–H groups in total. The molecule has 0 saturated carbocycles. The van der Waals surface area contributed by atoms with Gasteiger partial charge in [0.25, 0.3) is 0 Å². The zero-order valence-electron chi connectivity index (χ0n) is 15.3. The molecular weight excluding hydrogens is 336 g/mol. The van der Waals surface area contributed by atoms with Crippen LogP contribution in [-0.2, 0) is 26.2 Å². The second-order valence-corrected chi connectivity index (χ2v) is 7.31. The van der Waals surface area contributed by atoms with Gasteiger partial charge in [0.1, 0.15) is 0 Å². The lowest BCUT2D eigenvalue weighted by Gasteiger charge is -2.24. The minimum atomic E-state index is 0.592. The van der Waals surface area contributed by atoms with E-state index >= 15 is 0 Å². The summed E-state index contributed by atoms with van der Waals surface area (Å²) in [6.07, 6.45) is 2.14. The van der Waals surface area contributed by atoms with Crippen LogP contribution in [0.3, 0.4) is 0 Å². The van der Waals surface area contributed by atoms with Crippen molar-refractivity contribution in [2.24, 2.45) is 5.73 Å². The van der Waals surface area contributed by atoms with Crippen LogP contribution in [0.25, 0.3) is 0 Å². The lowest BCUT2D eigenvalue weighted by Crippen LogP contribution is -2.22. The second kappa shape index (κ2) is 9.58. The highest BCUT2D eigenvalue weighted by Gasteiger charge is 2.11. The maximum absolute atomic E-state index is 5.72. The van der Waals surface area contributed by atoms with E-state index in [1.165, 1.54) is 27.1 Å². The molecule has 0 fully saturated rings. The first-order chi connectivity index (χ1) is 12.8. The quantitative estimate of drug-likeness (QED) is 0.567. The molecule has 0 aliphatic rings. The van der Waals surface area contributed by atoms with E-state index in [1.807, 2.05) is 11.8 Å². The predicted octanol–water partition coefficient (Wildman–Crippen LogP) is 5.07. The van der Waals surface area contributed by atoms with Gasteiger partial charge in [-0.15, -0.1) is 11.8 Å². The molecule has 3 heteroatoms. The summed E-state index contributed by atoms with van der Waals surface area (Å²) in [6, 6.07) is 28.0. The van der Waals surface area contributed by atoms with Crippen LogP contribution >= 0.6 is 11.8 Å². The van der Waals surface area contributed by atoms with E-state index in [0.717, 1.165) is 19.6 Å². The van der Waals surface area contributed by atoms with Crippen molar-refractivity contribution in [1.29, 1.82) is 0 Å². The molecule has 0 unspecified atom stereocenters. The van der Waals surface area contributed by atoms with Gasteiger partial charge in [-0.05, 0) is 34.6 Å². The van der Waals surface area contributed by atoms with Gasteiger partial charge < -0.3 is 5.73 Å². The van der Waals surface area contributed by atoms with Crippen molar-refractivity contribution in [2.45, 2.75) is 31.1 Å². The molecule has 0 amide bonds. The van der Waals surface area contributed by atoms with Gasteiger partial charge in [-0.25, -0.2) is 0 Å². The third-order valence-corrected chi connectivity index (χ3v) is 5.34. The minimum absolute atomic E-state index is 0.592. The van der Waals surface area contributed by atoms with Crippen molar-refractivity contribution >= 4 is 11.8 Å². The lowest BCUT2D eigenvalue weighted by atomic mass is 10.1. The fourth-order valence-electron chi connectivity index (χ4n) is 3.12. The summed E-state index contributed by atoms with van der Waals surface area (Å²) in [5.41, 5.74) is 10.9. The fraction of sp³-hybridized carbons (Fsp3) is 0.217. The van der Waals surface area contributed by atoms with Gasteiger partial charge in [-0.3, -0.25) is 4.90 Å². The second-order valence-electron chi connectivity index (χ2n) is 6.46. The third kappa shape index (κ3) is 5.21. The van der Waals surface area contributed by atoms with Crippen LogP contribution in [0.15, 0.2) is 83.8 Å². The van der Waals surface area contributed by atoms with Gasteiger partial charge in [0.15, 0.2) is 0 Å². The SMILES string of the molecule is CSc1ccccc1CN(Cc1ccccc1)Cc1ccc(CN)cc1. The van der Waals surface area contributed by atoms with Crippen LogP contribution in [0.5, 0.6) is 0 Å². The van der Waals surface area contributed by atoms with Crippen LogP contribution in [0, 0.1) is 0 Å². The molecular formula is C23H26N2S. The molecule has 26 heavy (non-hydrogen) atoms. The van der Waals surface area contributed by atoms with Crippen molar-refractivity contribution in [3.05, 3.63) is 101 Å². The molecule has 0 radical (unpaired) electrons. The van der Waals surface area contributed by atoms with Crippen molar-refractivity contribution in [2.75, 3.05) is 6.26 Å². The third-order valence-electron chi connectivity index (χ3n) is 4.50. The highest BCUT2D eigenvalue weighted by Crippen LogP contribution is 2.23. The maximum Gasteiger partial charge on any atom is 0.0251 e. The van der Waals surface area contributed by atoms with E-state index in [4.69, 9.17) is 5.73 Å². The largest absolute Gasteiger partial charge is 0.326 e. The first-order valence-corrected chi connectivity index (χ1v) is 10.2. The van der Waals surface area contributed by atoms with E-state index in [-0.39, 0.29) is 0 Å². The van der Waals surface area contributed by atoms with Crippen LogP contribution in [0.1, 0.15) is 22.3 Å². The van der Waals surface area contributed by atoms with Gasteiger partial charge in [0.2, 0.25) is 0 Å². The van der Waals surface area contributed by atoms with Gasteiger partial charge >= 0.3 is 0 Å². The Kier molecular flexibility index (Phi) is 6.89. The average molecular weight is 363 g/mol. The number of nitrogens with two attached hydrogens (primary N) is 1. The van der Waals surface area contributed by atoms with E-state index in [0.29, 0.717) is 6.54 Å². The summed E-state index contributed by atoms with van der Waals surface area (Å²) in [6.45, 7) is 3.38. The predicted molar refractivity (Wildman–Crippen MR) is 112 cm³/mol. The Hall–Kier alpha value is -2.07. The molecule has 0 aliphatic carbocycles. The summed E-state index contributed by atoms with van der Waals surface area (Å²) < 4.78 is 0. The van der Waals surface area contributed by atoms with E-state index in [9.17, 15) is 0 Å². The standard InChI is InChI=1S/C23H26N2S/c1-26-23-10-6-5-9-22(23)18-25(16-20-7-3-2-4-8-20)17-21-13-11-19(15-24)12-14-21/h2-14H,15-18,24H2,1H3. The molecule has 0 heterocycles. The summed E-state index contributed by atoms with van der Waals surface area (Å²) in [5, 5.41) is 0. The number of rotatable bonds is 8. The van der Waals surface area contributed by atoms with E-state index < -0.39 is 0 Å². The fourth-order valence-corrected chi connectivity index (χ4v) is 3.73. The molecule has 3 rings (SSSR count). The molecule has 2 nitrogen and oxygen atoms in total. The zero-order valence-corrected chi connectivity index (χ0v) is 16.1. The van der Waals surface area contributed by atoms with Crippen molar-refractivity contribution in [3.63, 3.8) is 0 Å². The van der Waals surface area contributed by atoms with Crippen LogP contribution in [0.4, 0.5) is 0 Å². The number of thioether (sulfide) groups is 1. The van der Waals surface area contributed by atoms with Crippen LogP contribution in [-0.4, -0.2) is 11.2 Å². The maximum atomic E-state index is 5.72. The number of benzene rings is 3. The molecule has 0 aliphatic heterocycles. The zero-order chi connectivity index (χ0) is 18.2. The van der Waals surface area contributed by atoms with Crippen LogP contribution < -0.4 is 5.73 Å². The van der Waals surface area contributed by atoms with Crippen molar-refractivity contribution in [1.82, 2.24) is 4.90 Å². The molecule has 3 aromatic rings. The summed E-state index contributed by atoms with van der Waals surface area (Å²) in [7, 11) is 0. The Morgan fingerprint density at radius 1 is 0.692 bits per heavy atom. The number of hydrogen-bond donors (Lipinski definition) is 1. The number of nitrogens with zero attached hydrogens (tertiary/aromatic N) is 1. The van der Waals surface area contributed by atoms with Crippen molar-refractivity contribution < 1.29 is 0 Å². The normalized spacial score (nSPS) is 11.0. The Labute approximate surface area is 161 Å². The van der Waals surface area contributed by atoms with Crippen LogP contribution in [0.2, 0.25) is 0 Å². The first-order valence-electron chi connectivity index (χ1n) is 8.94. The van der Waals surface area contributed by atoms with Gasteiger partial charge in [0.05, 0.1) is 0 Å². The molecule has 0 saturated heterocycles. The smallest absolute Gasteiger partial charge is 0.0251 e. The first kappa shape index (κ1) is 18.7. The highest BCUT2D eigenvalue weighted by atomic mass is 32.2. The Morgan fingerprint density at radius 2 is 1.27 bits per heavy atom. The molecule has 0 atom stereocenters. The number of hydrogen-bond acceptors (Lipinski definition) is 3. The summed E-state index contributed by atoms with van der Waals surface area (Å²) in [4.78, 5) is 3.85. The Balaban J connectivity index is 1.80.